The topological polar surface area (TPSA) is 68.5 Å². The lowest BCUT2D eigenvalue weighted by molar-refractivity contribution is -0.130. The first-order valence-electron chi connectivity index (χ1n) is 9.91. The summed E-state index contributed by atoms with van der Waals surface area (Å²) in [5, 5.41) is 8.41. The number of rotatable bonds is 9. The van der Waals surface area contributed by atoms with Gasteiger partial charge in [-0.2, -0.15) is 0 Å². The van der Waals surface area contributed by atoms with Gasteiger partial charge in [-0.3, -0.25) is 4.79 Å². The Morgan fingerprint density at radius 3 is 2.63 bits per heavy atom. The molecule has 1 amide bonds. The summed E-state index contributed by atoms with van der Waals surface area (Å²) in [5.41, 5.74) is 3.28. The number of ether oxygens (including phenoxy) is 1. The van der Waals surface area contributed by atoms with Crippen molar-refractivity contribution in [3.8, 4) is 5.75 Å². The largest absolute Gasteiger partial charge is 0.484 e. The second kappa shape index (κ2) is 10.3. The molecule has 0 fully saturated rings. The number of carbonyl (C=O) groups excluding carboxylic acids is 1. The quantitative estimate of drug-likeness (QED) is 0.459. The zero-order valence-electron chi connectivity index (χ0n) is 17.8. The standard InChI is InChI=1S/C23H27N3O3S/c1-16(2)26(13-19-8-6-5-7-9-19)22(27)15-30-23-25-24-21(29-23)14-28-20-12-17(3)10-11-18(20)4/h5-12,16H,13-15H2,1-4H3. The Hall–Kier alpha value is -2.80. The van der Waals surface area contributed by atoms with Crippen molar-refractivity contribution in [2.75, 3.05) is 5.75 Å². The zero-order valence-corrected chi connectivity index (χ0v) is 18.6. The van der Waals surface area contributed by atoms with Gasteiger partial charge in [0.1, 0.15) is 5.75 Å². The number of thioether (sulfide) groups is 1. The van der Waals surface area contributed by atoms with Crippen LogP contribution in [0.3, 0.4) is 0 Å². The number of carbonyl (C=O) groups is 1. The second-order valence-electron chi connectivity index (χ2n) is 7.41. The average molecular weight is 426 g/mol. The van der Waals surface area contributed by atoms with Crippen LogP contribution in [0.15, 0.2) is 58.2 Å². The van der Waals surface area contributed by atoms with Crippen molar-refractivity contribution < 1.29 is 13.9 Å². The van der Waals surface area contributed by atoms with Gasteiger partial charge in [-0.05, 0) is 50.5 Å². The van der Waals surface area contributed by atoms with Crippen LogP contribution in [0, 0.1) is 13.8 Å². The van der Waals surface area contributed by atoms with Crippen LogP contribution in [0.4, 0.5) is 0 Å². The summed E-state index contributed by atoms with van der Waals surface area (Å²) in [4.78, 5) is 14.6. The summed E-state index contributed by atoms with van der Waals surface area (Å²) in [5.74, 6) is 1.46. The molecule has 6 nitrogen and oxygen atoms in total. The van der Waals surface area contributed by atoms with Gasteiger partial charge in [0.05, 0.1) is 5.75 Å². The maximum atomic E-state index is 12.7. The van der Waals surface area contributed by atoms with Crippen molar-refractivity contribution in [2.45, 2.75) is 52.1 Å². The molecule has 0 saturated carbocycles. The van der Waals surface area contributed by atoms with Crippen molar-refractivity contribution in [3.63, 3.8) is 0 Å². The van der Waals surface area contributed by atoms with Gasteiger partial charge in [0.15, 0.2) is 6.61 Å². The molecule has 0 atom stereocenters. The first kappa shape index (κ1) is 21.9. The van der Waals surface area contributed by atoms with Crippen molar-refractivity contribution in [2.24, 2.45) is 0 Å². The maximum Gasteiger partial charge on any atom is 0.277 e. The van der Waals surface area contributed by atoms with E-state index in [1.54, 1.807) is 0 Å². The van der Waals surface area contributed by atoms with Crippen molar-refractivity contribution in [1.82, 2.24) is 15.1 Å². The molecule has 0 aliphatic rings. The molecule has 1 aromatic heterocycles. The van der Waals surface area contributed by atoms with Gasteiger partial charge in [-0.25, -0.2) is 0 Å². The second-order valence-corrected chi connectivity index (χ2v) is 8.34. The fourth-order valence-electron chi connectivity index (χ4n) is 2.90. The Morgan fingerprint density at radius 1 is 1.13 bits per heavy atom. The van der Waals surface area contributed by atoms with E-state index in [2.05, 4.69) is 10.2 Å². The van der Waals surface area contributed by atoms with Gasteiger partial charge in [-0.1, -0.05) is 54.2 Å². The molecule has 7 heteroatoms. The maximum absolute atomic E-state index is 12.7. The molecule has 0 bridgehead atoms. The lowest BCUT2D eigenvalue weighted by atomic mass is 10.1. The minimum atomic E-state index is 0.0326. The Bertz CT molecular complexity index is 973. The highest BCUT2D eigenvalue weighted by molar-refractivity contribution is 7.99. The molecule has 0 N–H and O–H groups in total. The number of aromatic nitrogens is 2. The highest BCUT2D eigenvalue weighted by Gasteiger charge is 2.19. The third-order valence-electron chi connectivity index (χ3n) is 4.60. The van der Waals surface area contributed by atoms with Crippen molar-refractivity contribution in [3.05, 3.63) is 71.1 Å². The Labute approximate surface area is 181 Å². The molecule has 3 aromatic rings. The Kier molecular flexibility index (Phi) is 7.52. The monoisotopic (exact) mass is 425 g/mol. The van der Waals surface area contributed by atoms with Gasteiger partial charge < -0.3 is 14.1 Å². The van der Waals surface area contributed by atoms with E-state index >= 15 is 0 Å². The lowest BCUT2D eigenvalue weighted by Gasteiger charge is -2.26. The molecule has 0 saturated heterocycles. The molecular weight excluding hydrogens is 398 g/mol. The normalized spacial score (nSPS) is 11.0. The summed E-state index contributed by atoms with van der Waals surface area (Å²) >= 11 is 1.25. The summed E-state index contributed by atoms with van der Waals surface area (Å²) < 4.78 is 11.4. The SMILES string of the molecule is Cc1ccc(C)c(OCc2nnc(SCC(=O)N(Cc3ccccc3)C(C)C)o2)c1. The molecule has 0 radical (unpaired) electrons. The molecule has 0 aliphatic heterocycles. The highest BCUT2D eigenvalue weighted by atomic mass is 32.2. The Morgan fingerprint density at radius 2 is 1.90 bits per heavy atom. The zero-order chi connectivity index (χ0) is 21.5. The molecule has 30 heavy (non-hydrogen) atoms. The fourth-order valence-corrected chi connectivity index (χ4v) is 3.57. The average Bonchev–Trinajstić information content (AvgIpc) is 3.19. The van der Waals surface area contributed by atoms with Gasteiger partial charge in [0.25, 0.3) is 11.1 Å². The summed E-state index contributed by atoms with van der Waals surface area (Å²) in [6.45, 7) is 8.81. The van der Waals surface area contributed by atoms with Gasteiger partial charge in [0, 0.05) is 12.6 Å². The third-order valence-corrected chi connectivity index (χ3v) is 5.40. The van der Waals surface area contributed by atoms with E-state index < -0.39 is 0 Å². The van der Waals surface area contributed by atoms with E-state index in [1.165, 1.54) is 11.8 Å². The Balaban J connectivity index is 1.53. The van der Waals surface area contributed by atoms with Gasteiger partial charge in [-0.15, -0.1) is 10.2 Å². The van der Waals surface area contributed by atoms with E-state index in [0.29, 0.717) is 17.7 Å². The smallest absolute Gasteiger partial charge is 0.277 e. The van der Waals surface area contributed by atoms with Crippen LogP contribution in [0.5, 0.6) is 5.75 Å². The molecule has 0 unspecified atom stereocenters. The van der Waals surface area contributed by atoms with Crippen molar-refractivity contribution >= 4 is 17.7 Å². The fraction of sp³-hybridized carbons (Fsp3) is 0.348. The molecular formula is C23H27N3O3S. The third kappa shape index (κ3) is 6.10. The summed E-state index contributed by atoms with van der Waals surface area (Å²) in [6.07, 6.45) is 0. The molecule has 158 valence electrons. The van der Waals surface area contributed by atoms with Crippen LogP contribution >= 0.6 is 11.8 Å². The van der Waals surface area contributed by atoms with Crippen LogP contribution < -0.4 is 4.74 Å². The summed E-state index contributed by atoms with van der Waals surface area (Å²) in [7, 11) is 0. The molecule has 0 spiro atoms. The van der Waals surface area contributed by atoms with Crippen LogP contribution in [-0.2, 0) is 17.9 Å². The van der Waals surface area contributed by atoms with Crippen LogP contribution in [0.25, 0.3) is 0 Å². The highest BCUT2D eigenvalue weighted by Crippen LogP contribution is 2.22. The number of amides is 1. The van der Waals surface area contributed by atoms with Gasteiger partial charge in [0.2, 0.25) is 5.91 Å². The predicted molar refractivity (Wildman–Crippen MR) is 117 cm³/mol. The predicted octanol–water partition coefficient (Wildman–Crippen LogP) is 4.79. The minimum absolute atomic E-state index is 0.0326. The van der Waals surface area contributed by atoms with Crippen molar-refractivity contribution in [1.29, 1.82) is 0 Å². The number of hydrogen-bond acceptors (Lipinski definition) is 6. The van der Waals surface area contributed by atoms with Crippen LogP contribution in [-0.4, -0.2) is 32.8 Å². The number of aryl methyl sites for hydroxylation is 2. The van der Waals surface area contributed by atoms with Crippen LogP contribution in [0.1, 0.15) is 36.4 Å². The first-order valence-corrected chi connectivity index (χ1v) is 10.9. The lowest BCUT2D eigenvalue weighted by Crippen LogP contribution is -2.37. The molecule has 3 rings (SSSR count). The van der Waals surface area contributed by atoms with E-state index in [1.807, 2.05) is 81.1 Å². The van der Waals surface area contributed by atoms with E-state index in [9.17, 15) is 4.79 Å². The van der Waals surface area contributed by atoms with Crippen LogP contribution in [0.2, 0.25) is 0 Å². The molecule has 0 aliphatic carbocycles. The summed E-state index contributed by atoms with van der Waals surface area (Å²) in [6, 6.07) is 16.1. The molecule has 1 heterocycles. The minimum Gasteiger partial charge on any atom is -0.484 e. The van der Waals surface area contributed by atoms with E-state index in [0.717, 1.165) is 22.4 Å². The van der Waals surface area contributed by atoms with Gasteiger partial charge >= 0.3 is 0 Å². The van der Waals surface area contributed by atoms with E-state index in [-0.39, 0.29) is 24.3 Å². The number of hydrogen-bond donors (Lipinski definition) is 0. The number of benzene rings is 2. The van der Waals surface area contributed by atoms with E-state index in [4.69, 9.17) is 9.15 Å². The molecule has 2 aromatic carbocycles. The first-order chi connectivity index (χ1) is 14.4. The number of nitrogens with zero attached hydrogens (tertiary/aromatic N) is 3.